The molecule has 1 aliphatic carbocycles. The summed E-state index contributed by atoms with van der Waals surface area (Å²) < 4.78 is 2.59. The fourth-order valence-corrected chi connectivity index (χ4v) is 4.94. The Labute approximate surface area is 163 Å². The number of hydrogen-bond donors (Lipinski definition) is 1. The first-order valence-corrected chi connectivity index (χ1v) is 10.2. The third-order valence-corrected chi connectivity index (χ3v) is 6.39. The van der Waals surface area contributed by atoms with Crippen molar-refractivity contribution in [3.8, 4) is 0 Å². The van der Waals surface area contributed by atoms with Crippen LogP contribution in [0.5, 0.6) is 0 Å². The molecule has 1 atom stereocenters. The first-order valence-electron chi connectivity index (χ1n) is 8.63. The lowest BCUT2D eigenvalue weighted by molar-refractivity contribution is 0.0938. The minimum absolute atomic E-state index is 0.0931. The van der Waals surface area contributed by atoms with Gasteiger partial charge in [0, 0.05) is 21.2 Å². The molecule has 1 aromatic carbocycles. The molecule has 1 amide bonds. The van der Waals surface area contributed by atoms with Crippen molar-refractivity contribution < 1.29 is 4.79 Å². The maximum Gasteiger partial charge on any atom is 0.271 e. The van der Waals surface area contributed by atoms with Gasteiger partial charge >= 0.3 is 0 Å². The molecular formula is C19H18BrN3O2S. The van der Waals surface area contributed by atoms with Crippen molar-refractivity contribution in [3.63, 3.8) is 0 Å². The van der Waals surface area contributed by atoms with E-state index in [0.717, 1.165) is 41.4 Å². The average molecular weight is 432 g/mol. The van der Waals surface area contributed by atoms with Crippen LogP contribution < -0.4 is 10.9 Å². The van der Waals surface area contributed by atoms with E-state index in [9.17, 15) is 9.59 Å². The van der Waals surface area contributed by atoms with E-state index >= 15 is 0 Å². The molecule has 1 N–H and O–H groups in total. The molecule has 3 aromatic rings. The minimum Gasteiger partial charge on any atom is -0.345 e. The normalized spacial score (nSPS) is 14.8. The molecule has 134 valence electrons. The number of amides is 1. The summed E-state index contributed by atoms with van der Waals surface area (Å²) in [5, 5.41) is 2.91. The Bertz CT molecular complexity index is 1060. The molecule has 4 rings (SSSR count). The van der Waals surface area contributed by atoms with E-state index in [0.29, 0.717) is 4.96 Å². The van der Waals surface area contributed by atoms with Crippen LogP contribution in [0.25, 0.3) is 4.96 Å². The maximum absolute atomic E-state index is 12.9. The molecule has 0 saturated carbocycles. The summed E-state index contributed by atoms with van der Waals surface area (Å²) in [6.45, 7) is 1.90. The van der Waals surface area contributed by atoms with E-state index in [-0.39, 0.29) is 23.1 Å². The molecule has 0 spiro atoms. The zero-order valence-electron chi connectivity index (χ0n) is 14.3. The third kappa shape index (κ3) is 3.10. The van der Waals surface area contributed by atoms with Crippen molar-refractivity contribution in [3.05, 3.63) is 67.0 Å². The fourth-order valence-electron chi connectivity index (χ4n) is 3.36. The number of nitrogens with zero attached hydrogens (tertiary/aromatic N) is 2. The van der Waals surface area contributed by atoms with Crippen LogP contribution in [0.2, 0.25) is 0 Å². The summed E-state index contributed by atoms with van der Waals surface area (Å²) in [5.74, 6) is -0.389. The van der Waals surface area contributed by atoms with Gasteiger partial charge in [0.05, 0.1) is 6.04 Å². The van der Waals surface area contributed by atoms with Gasteiger partial charge in [-0.1, -0.05) is 28.1 Å². The van der Waals surface area contributed by atoms with E-state index in [1.807, 2.05) is 31.2 Å². The van der Waals surface area contributed by atoms with Crippen molar-refractivity contribution in [2.45, 2.75) is 38.6 Å². The summed E-state index contributed by atoms with van der Waals surface area (Å²) >= 11 is 5.00. The SMILES string of the molecule is C[C@@H](NC(=O)c1cnc2sc3c(n2c1=O)CCCC3)c1cccc(Br)c1. The summed E-state index contributed by atoms with van der Waals surface area (Å²) in [6.07, 6.45) is 5.48. The second-order valence-corrected chi connectivity index (χ2v) is 8.50. The van der Waals surface area contributed by atoms with E-state index in [1.54, 1.807) is 15.7 Å². The molecular weight excluding hydrogens is 414 g/mol. The molecule has 0 unspecified atom stereocenters. The van der Waals surface area contributed by atoms with Gasteiger partial charge in [0.15, 0.2) is 4.96 Å². The zero-order valence-corrected chi connectivity index (χ0v) is 16.7. The Morgan fingerprint density at radius 2 is 2.15 bits per heavy atom. The topological polar surface area (TPSA) is 63.5 Å². The highest BCUT2D eigenvalue weighted by Crippen LogP contribution is 2.28. The number of carbonyl (C=O) groups is 1. The second-order valence-electron chi connectivity index (χ2n) is 6.52. The smallest absolute Gasteiger partial charge is 0.271 e. The fraction of sp³-hybridized carbons (Fsp3) is 0.316. The Morgan fingerprint density at radius 3 is 2.96 bits per heavy atom. The van der Waals surface area contributed by atoms with Gasteiger partial charge in [-0.05, 0) is 50.3 Å². The van der Waals surface area contributed by atoms with Gasteiger partial charge in [0.25, 0.3) is 11.5 Å². The standard InChI is InChI=1S/C19H18BrN3O2S/c1-11(12-5-4-6-13(20)9-12)22-17(24)14-10-21-19-23(18(14)25)15-7-2-3-8-16(15)26-19/h4-6,9-11H,2-3,7-8H2,1H3,(H,22,24)/t11-/m1/s1. The lowest BCUT2D eigenvalue weighted by atomic mass is 10.0. The molecule has 1 aliphatic rings. The van der Waals surface area contributed by atoms with Crippen LogP contribution in [0.15, 0.2) is 39.7 Å². The van der Waals surface area contributed by atoms with Gasteiger partial charge in [-0.2, -0.15) is 0 Å². The molecule has 0 saturated heterocycles. The number of aromatic nitrogens is 2. The highest BCUT2D eigenvalue weighted by Gasteiger charge is 2.22. The Morgan fingerprint density at radius 1 is 1.35 bits per heavy atom. The summed E-state index contributed by atoms with van der Waals surface area (Å²) in [7, 11) is 0. The van der Waals surface area contributed by atoms with Crippen LogP contribution >= 0.6 is 27.3 Å². The van der Waals surface area contributed by atoms with Crippen molar-refractivity contribution >= 4 is 38.1 Å². The minimum atomic E-state index is -0.389. The molecule has 0 radical (unpaired) electrons. The summed E-state index contributed by atoms with van der Waals surface area (Å²) in [5.41, 5.74) is 1.82. The largest absolute Gasteiger partial charge is 0.345 e. The lowest BCUT2D eigenvalue weighted by Crippen LogP contribution is -2.33. The monoisotopic (exact) mass is 431 g/mol. The van der Waals surface area contributed by atoms with Crippen LogP contribution in [0.4, 0.5) is 0 Å². The quantitative estimate of drug-likeness (QED) is 0.683. The maximum atomic E-state index is 12.9. The van der Waals surface area contributed by atoms with Crippen molar-refractivity contribution in [1.29, 1.82) is 0 Å². The Balaban J connectivity index is 1.67. The molecule has 2 aromatic heterocycles. The van der Waals surface area contributed by atoms with Crippen molar-refractivity contribution in [2.75, 3.05) is 0 Å². The number of carbonyl (C=O) groups excluding carboxylic acids is 1. The third-order valence-electron chi connectivity index (χ3n) is 4.74. The number of thiazole rings is 1. The average Bonchev–Trinajstić information content (AvgIpc) is 3.01. The van der Waals surface area contributed by atoms with Crippen LogP contribution in [0.1, 0.15) is 52.3 Å². The number of benzene rings is 1. The number of halogens is 1. The molecule has 26 heavy (non-hydrogen) atoms. The second kappa shape index (κ2) is 6.96. The van der Waals surface area contributed by atoms with E-state index in [2.05, 4.69) is 26.2 Å². The van der Waals surface area contributed by atoms with E-state index < -0.39 is 0 Å². The van der Waals surface area contributed by atoms with Crippen LogP contribution in [0.3, 0.4) is 0 Å². The Hall–Kier alpha value is -1.99. The van der Waals surface area contributed by atoms with Crippen LogP contribution in [-0.2, 0) is 12.8 Å². The number of aryl methyl sites for hydroxylation is 2. The number of hydrogen-bond acceptors (Lipinski definition) is 4. The van der Waals surface area contributed by atoms with Crippen LogP contribution in [-0.4, -0.2) is 15.3 Å². The molecule has 0 bridgehead atoms. The van der Waals surface area contributed by atoms with E-state index in [4.69, 9.17) is 0 Å². The van der Waals surface area contributed by atoms with Crippen LogP contribution in [0, 0.1) is 0 Å². The first kappa shape index (κ1) is 17.4. The molecule has 0 fully saturated rings. The lowest BCUT2D eigenvalue weighted by Gasteiger charge is -2.15. The number of fused-ring (bicyclic) bond motifs is 3. The van der Waals surface area contributed by atoms with Crippen molar-refractivity contribution in [2.24, 2.45) is 0 Å². The van der Waals surface area contributed by atoms with Gasteiger partial charge in [-0.15, -0.1) is 11.3 Å². The predicted octanol–water partition coefficient (Wildman–Crippen LogP) is 3.89. The highest BCUT2D eigenvalue weighted by atomic mass is 79.9. The molecule has 7 heteroatoms. The first-order chi connectivity index (χ1) is 12.5. The molecule has 0 aliphatic heterocycles. The highest BCUT2D eigenvalue weighted by molar-refractivity contribution is 9.10. The number of rotatable bonds is 3. The molecule has 2 heterocycles. The Kier molecular flexibility index (Phi) is 4.67. The summed E-state index contributed by atoms with van der Waals surface area (Å²) in [4.78, 5) is 31.9. The van der Waals surface area contributed by atoms with Gasteiger partial charge < -0.3 is 5.32 Å². The van der Waals surface area contributed by atoms with Gasteiger partial charge in [0.1, 0.15) is 5.56 Å². The van der Waals surface area contributed by atoms with Crippen molar-refractivity contribution in [1.82, 2.24) is 14.7 Å². The van der Waals surface area contributed by atoms with E-state index in [1.165, 1.54) is 11.1 Å². The predicted molar refractivity (Wildman–Crippen MR) is 106 cm³/mol. The number of nitrogens with one attached hydrogen (secondary N) is 1. The molecule has 5 nitrogen and oxygen atoms in total. The zero-order chi connectivity index (χ0) is 18.3. The van der Waals surface area contributed by atoms with Gasteiger partial charge in [0.2, 0.25) is 0 Å². The van der Waals surface area contributed by atoms with Gasteiger partial charge in [-0.25, -0.2) is 4.98 Å². The van der Waals surface area contributed by atoms with Gasteiger partial charge in [-0.3, -0.25) is 14.0 Å². The summed E-state index contributed by atoms with van der Waals surface area (Å²) in [6, 6.07) is 7.54.